The second-order valence-corrected chi connectivity index (χ2v) is 5.06. The van der Waals surface area contributed by atoms with Crippen LogP contribution >= 0.6 is 0 Å². The number of rotatable bonds is 4. The molecule has 2 unspecified atom stereocenters. The molecule has 5 heteroatoms. The molecule has 0 aromatic carbocycles. The fraction of sp³-hybridized carbons (Fsp3) is 0.667. The first-order valence-electron chi connectivity index (χ1n) is 6.18. The fourth-order valence-electron chi connectivity index (χ4n) is 2.44. The average molecular weight is 236 g/mol. The van der Waals surface area contributed by atoms with Crippen LogP contribution in [-0.4, -0.2) is 22.2 Å². The summed E-state index contributed by atoms with van der Waals surface area (Å²) in [6.07, 6.45) is 6.96. The molecule has 1 aromatic rings. The highest BCUT2D eigenvalue weighted by atomic mass is 16.2. The number of amides is 1. The van der Waals surface area contributed by atoms with Gasteiger partial charge in [0.2, 0.25) is 5.91 Å². The second-order valence-electron chi connectivity index (χ2n) is 5.06. The van der Waals surface area contributed by atoms with Gasteiger partial charge in [-0.1, -0.05) is 13.3 Å². The maximum atomic E-state index is 11.6. The minimum atomic E-state index is 0.00709. The molecule has 1 heterocycles. The highest BCUT2D eigenvalue weighted by molar-refractivity contribution is 5.75. The number of nitrogens with one attached hydrogen (secondary N) is 1. The van der Waals surface area contributed by atoms with Crippen molar-refractivity contribution in [3.05, 3.63) is 12.4 Å². The van der Waals surface area contributed by atoms with Crippen LogP contribution in [0, 0.1) is 11.8 Å². The topological polar surface area (TPSA) is 72.9 Å². The molecule has 0 spiro atoms. The number of hydrogen-bond acceptors (Lipinski definition) is 3. The van der Waals surface area contributed by atoms with Crippen molar-refractivity contribution in [1.29, 1.82) is 0 Å². The smallest absolute Gasteiger partial charge is 0.241 e. The molecule has 1 aromatic heterocycles. The van der Waals surface area contributed by atoms with Crippen molar-refractivity contribution in [2.45, 2.75) is 32.7 Å². The van der Waals surface area contributed by atoms with Crippen LogP contribution in [0.4, 0.5) is 5.69 Å². The van der Waals surface area contributed by atoms with Crippen LogP contribution < -0.4 is 11.1 Å². The zero-order valence-electron chi connectivity index (χ0n) is 10.2. The van der Waals surface area contributed by atoms with Gasteiger partial charge in [0.25, 0.3) is 0 Å². The summed E-state index contributed by atoms with van der Waals surface area (Å²) < 4.78 is 1.56. The molecule has 0 saturated heterocycles. The third kappa shape index (κ3) is 3.47. The summed E-state index contributed by atoms with van der Waals surface area (Å²) in [6.45, 7) is 3.31. The first-order valence-corrected chi connectivity index (χ1v) is 6.18. The average Bonchev–Trinajstić information content (AvgIpc) is 2.85. The molecule has 94 valence electrons. The minimum absolute atomic E-state index is 0.00709. The van der Waals surface area contributed by atoms with Crippen LogP contribution in [0.1, 0.15) is 26.2 Å². The van der Waals surface area contributed by atoms with Gasteiger partial charge in [-0.15, -0.1) is 0 Å². The second kappa shape index (κ2) is 5.21. The Bertz CT molecular complexity index is 388. The van der Waals surface area contributed by atoms with E-state index in [-0.39, 0.29) is 12.5 Å². The first-order chi connectivity index (χ1) is 8.13. The van der Waals surface area contributed by atoms with Crippen molar-refractivity contribution >= 4 is 11.6 Å². The number of nitrogens with two attached hydrogens (primary N) is 1. The molecule has 0 radical (unpaired) electrons. The molecule has 1 fully saturated rings. The molecule has 0 aliphatic heterocycles. The molecule has 1 aliphatic rings. The predicted molar refractivity (Wildman–Crippen MR) is 66.2 cm³/mol. The van der Waals surface area contributed by atoms with E-state index in [9.17, 15) is 4.79 Å². The van der Waals surface area contributed by atoms with E-state index < -0.39 is 0 Å². The molecular weight excluding hydrogens is 216 g/mol. The highest BCUT2D eigenvalue weighted by Crippen LogP contribution is 2.29. The molecule has 1 saturated carbocycles. The molecule has 1 amide bonds. The van der Waals surface area contributed by atoms with Gasteiger partial charge in [0.1, 0.15) is 6.54 Å². The minimum Gasteiger partial charge on any atom is -0.396 e. The van der Waals surface area contributed by atoms with Crippen LogP contribution in [0.2, 0.25) is 0 Å². The van der Waals surface area contributed by atoms with Crippen LogP contribution in [-0.2, 0) is 11.3 Å². The maximum Gasteiger partial charge on any atom is 0.241 e. The van der Waals surface area contributed by atoms with Crippen molar-refractivity contribution in [3.63, 3.8) is 0 Å². The number of hydrogen-bond donors (Lipinski definition) is 2. The van der Waals surface area contributed by atoms with Gasteiger partial charge < -0.3 is 11.1 Å². The Morgan fingerprint density at radius 3 is 3.06 bits per heavy atom. The lowest BCUT2D eigenvalue weighted by atomic mass is 10.1. The Morgan fingerprint density at radius 1 is 1.65 bits per heavy atom. The van der Waals surface area contributed by atoms with E-state index >= 15 is 0 Å². The van der Waals surface area contributed by atoms with E-state index in [0.29, 0.717) is 11.6 Å². The zero-order chi connectivity index (χ0) is 12.3. The SMILES string of the molecule is CC1CCC(CNC(=O)Cn2cc(N)cn2)C1. The van der Waals surface area contributed by atoms with E-state index in [1.807, 2.05) is 0 Å². The molecule has 3 N–H and O–H groups in total. The van der Waals surface area contributed by atoms with E-state index in [2.05, 4.69) is 17.3 Å². The van der Waals surface area contributed by atoms with Crippen molar-refractivity contribution in [3.8, 4) is 0 Å². The van der Waals surface area contributed by atoms with Crippen molar-refractivity contribution in [2.24, 2.45) is 11.8 Å². The Balaban J connectivity index is 1.71. The quantitative estimate of drug-likeness (QED) is 0.819. The van der Waals surface area contributed by atoms with Crippen molar-refractivity contribution in [2.75, 3.05) is 12.3 Å². The first kappa shape index (κ1) is 12.0. The number of anilines is 1. The highest BCUT2D eigenvalue weighted by Gasteiger charge is 2.21. The maximum absolute atomic E-state index is 11.6. The fourth-order valence-corrected chi connectivity index (χ4v) is 2.44. The number of nitrogens with zero attached hydrogens (tertiary/aromatic N) is 2. The van der Waals surface area contributed by atoms with Gasteiger partial charge in [0.05, 0.1) is 11.9 Å². The third-order valence-corrected chi connectivity index (χ3v) is 3.35. The van der Waals surface area contributed by atoms with Crippen LogP contribution in [0.5, 0.6) is 0 Å². The van der Waals surface area contributed by atoms with Crippen molar-refractivity contribution < 1.29 is 4.79 Å². The van der Waals surface area contributed by atoms with Crippen LogP contribution in [0.25, 0.3) is 0 Å². The van der Waals surface area contributed by atoms with Crippen molar-refractivity contribution in [1.82, 2.24) is 15.1 Å². The van der Waals surface area contributed by atoms with Gasteiger partial charge in [-0.2, -0.15) is 5.10 Å². The molecule has 5 nitrogen and oxygen atoms in total. The normalized spacial score (nSPS) is 23.8. The lowest BCUT2D eigenvalue weighted by Gasteiger charge is -2.11. The summed E-state index contributed by atoms with van der Waals surface area (Å²) in [4.78, 5) is 11.6. The lowest BCUT2D eigenvalue weighted by molar-refractivity contribution is -0.122. The summed E-state index contributed by atoms with van der Waals surface area (Å²) in [5.74, 6) is 1.46. The molecule has 2 rings (SSSR count). The van der Waals surface area contributed by atoms with Gasteiger partial charge in [0, 0.05) is 12.7 Å². The summed E-state index contributed by atoms with van der Waals surface area (Å²) >= 11 is 0. The number of carbonyl (C=O) groups is 1. The molecule has 2 atom stereocenters. The summed E-state index contributed by atoms with van der Waals surface area (Å²) in [5, 5.41) is 6.94. The Kier molecular flexibility index (Phi) is 3.66. The van der Waals surface area contributed by atoms with Crippen LogP contribution in [0.3, 0.4) is 0 Å². The van der Waals surface area contributed by atoms with Gasteiger partial charge in [-0.25, -0.2) is 0 Å². The number of carbonyl (C=O) groups excluding carboxylic acids is 1. The Hall–Kier alpha value is -1.52. The Morgan fingerprint density at radius 2 is 2.47 bits per heavy atom. The molecule has 1 aliphatic carbocycles. The molecule has 0 bridgehead atoms. The Labute approximate surface area is 101 Å². The standard InChI is InChI=1S/C12H20N4O/c1-9-2-3-10(4-9)5-14-12(17)8-16-7-11(13)6-15-16/h6-7,9-10H,2-5,8,13H2,1H3,(H,14,17). The van der Waals surface area contributed by atoms with Gasteiger partial charge >= 0.3 is 0 Å². The number of aromatic nitrogens is 2. The van der Waals surface area contributed by atoms with E-state index in [4.69, 9.17) is 5.73 Å². The van der Waals surface area contributed by atoms with E-state index in [1.54, 1.807) is 17.1 Å². The summed E-state index contributed by atoms with van der Waals surface area (Å²) in [6, 6.07) is 0. The summed E-state index contributed by atoms with van der Waals surface area (Å²) in [5.41, 5.74) is 6.11. The largest absolute Gasteiger partial charge is 0.396 e. The monoisotopic (exact) mass is 236 g/mol. The van der Waals surface area contributed by atoms with Crippen LogP contribution in [0.15, 0.2) is 12.4 Å². The third-order valence-electron chi connectivity index (χ3n) is 3.35. The molecular formula is C12H20N4O. The van der Waals surface area contributed by atoms with Gasteiger partial charge in [-0.3, -0.25) is 9.48 Å². The summed E-state index contributed by atoms with van der Waals surface area (Å²) in [7, 11) is 0. The van der Waals surface area contributed by atoms with E-state index in [1.165, 1.54) is 19.3 Å². The number of nitrogen functional groups attached to an aromatic ring is 1. The molecule has 17 heavy (non-hydrogen) atoms. The lowest BCUT2D eigenvalue weighted by Crippen LogP contribution is -2.31. The van der Waals surface area contributed by atoms with E-state index in [0.717, 1.165) is 12.5 Å². The van der Waals surface area contributed by atoms with Gasteiger partial charge in [-0.05, 0) is 24.7 Å². The predicted octanol–water partition coefficient (Wildman–Crippen LogP) is 1.02. The van der Waals surface area contributed by atoms with Gasteiger partial charge in [0.15, 0.2) is 0 Å². The zero-order valence-corrected chi connectivity index (χ0v) is 10.2.